The van der Waals surface area contributed by atoms with E-state index in [1.165, 1.54) is 5.56 Å². The first-order valence-electron chi connectivity index (χ1n) is 9.58. The minimum Gasteiger partial charge on any atom is -0.494 e. The van der Waals surface area contributed by atoms with Crippen LogP contribution in [0.3, 0.4) is 0 Å². The van der Waals surface area contributed by atoms with Gasteiger partial charge in [-0.2, -0.15) is 0 Å². The molecule has 28 heavy (non-hydrogen) atoms. The number of rotatable bonds is 9. The summed E-state index contributed by atoms with van der Waals surface area (Å²) in [6.07, 6.45) is 1.85. The first kappa shape index (κ1) is 21.7. The van der Waals surface area contributed by atoms with Crippen LogP contribution in [-0.4, -0.2) is 30.8 Å². The zero-order valence-corrected chi connectivity index (χ0v) is 17.5. The van der Waals surface area contributed by atoms with Crippen molar-refractivity contribution in [2.45, 2.75) is 33.6 Å². The molecule has 0 bridgehead atoms. The van der Waals surface area contributed by atoms with Crippen molar-refractivity contribution >= 4 is 29.0 Å². The number of carbonyl (C=O) groups excluding carboxylic acids is 1. The molecule has 0 fully saturated rings. The molecule has 0 radical (unpaired) electrons. The summed E-state index contributed by atoms with van der Waals surface area (Å²) in [6, 6.07) is 13.5. The number of anilines is 1. The Hall–Kier alpha value is -2.60. The summed E-state index contributed by atoms with van der Waals surface area (Å²) < 4.78 is 10.7. The maximum Gasteiger partial charge on any atom is 0.338 e. The smallest absolute Gasteiger partial charge is 0.338 e. The van der Waals surface area contributed by atoms with Crippen LogP contribution in [0.5, 0.6) is 5.75 Å². The molecule has 0 aliphatic heterocycles. The molecular weight excluding hydrogens is 372 g/mol. The molecule has 0 aliphatic rings. The third-order valence-electron chi connectivity index (χ3n) is 4.17. The first-order valence-corrected chi connectivity index (χ1v) is 9.99. The van der Waals surface area contributed by atoms with E-state index in [0.717, 1.165) is 36.4 Å². The standard InChI is InChI=1S/C22H28N2O3S/c1-4-26-20-11-7-6-9-17(20)10-8-14-23-22(28)24-19-13-12-18(15-16(19)3)21(25)27-5-2/h6-7,9,11-13,15H,4-5,8,10,14H2,1-3H3,(H2,23,24,28). The Morgan fingerprint density at radius 1 is 1.11 bits per heavy atom. The molecule has 5 nitrogen and oxygen atoms in total. The number of aryl methyl sites for hydroxylation is 2. The summed E-state index contributed by atoms with van der Waals surface area (Å²) in [4.78, 5) is 11.8. The molecule has 2 rings (SSSR count). The molecule has 2 aromatic carbocycles. The second kappa shape index (κ2) is 11.3. The van der Waals surface area contributed by atoms with Crippen molar-refractivity contribution in [1.29, 1.82) is 0 Å². The van der Waals surface area contributed by atoms with Crippen LogP contribution in [0.15, 0.2) is 42.5 Å². The van der Waals surface area contributed by atoms with Crippen molar-refractivity contribution < 1.29 is 14.3 Å². The summed E-state index contributed by atoms with van der Waals surface area (Å²) >= 11 is 5.38. The number of hydrogen-bond acceptors (Lipinski definition) is 4. The fraction of sp³-hybridized carbons (Fsp3) is 0.364. The van der Waals surface area contributed by atoms with Crippen LogP contribution < -0.4 is 15.4 Å². The van der Waals surface area contributed by atoms with E-state index < -0.39 is 0 Å². The van der Waals surface area contributed by atoms with E-state index in [0.29, 0.717) is 23.9 Å². The van der Waals surface area contributed by atoms with Gasteiger partial charge in [0.2, 0.25) is 0 Å². The summed E-state index contributed by atoms with van der Waals surface area (Å²) in [7, 11) is 0. The van der Waals surface area contributed by atoms with Gasteiger partial charge in [-0.3, -0.25) is 0 Å². The van der Waals surface area contributed by atoms with E-state index in [9.17, 15) is 4.79 Å². The Balaban J connectivity index is 1.81. The minimum atomic E-state index is -0.315. The molecule has 150 valence electrons. The van der Waals surface area contributed by atoms with Gasteiger partial charge in [-0.15, -0.1) is 0 Å². The number of hydrogen-bond donors (Lipinski definition) is 2. The van der Waals surface area contributed by atoms with E-state index in [2.05, 4.69) is 16.7 Å². The monoisotopic (exact) mass is 400 g/mol. The highest BCUT2D eigenvalue weighted by atomic mass is 32.1. The molecule has 0 aliphatic carbocycles. The molecule has 0 saturated carbocycles. The SMILES string of the molecule is CCOC(=O)c1ccc(NC(=S)NCCCc2ccccc2OCC)c(C)c1. The van der Waals surface area contributed by atoms with Gasteiger partial charge < -0.3 is 20.1 Å². The third kappa shape index (κ3) is 6.53. The molecule has 0 saturated heterocycles. The zero-order valence-electron chi connectivity index (χ0n) is 16.7. The fourth-order valence-electron chi connectivity index (χ4n) is 2.80. The molecule has 2 aromatic rings. The number of esters is 1. The van der Waals surface area contributed by atoms with Crippen molar-refractivity contribution in [2.24, 2.45) is 0 Å². The quantitative estimate of drug-likeness (QED) is 0.367. The van der Waals surface area contributed by atoms with Gasteiger partial charge in [0.15, 0.2) is 5.11 Å². The van der Waals surface area contributed by atoms with Gasteiger partial charge in [-0.1, -0.05) is 18.2 Å². The maximum atomic E-state index is 11.8. The first-order chi connectivity index (χ1) is 13.5. The molecule has 0 unspecified atom stereocenters. The minimum absolute atomic E-state index is 0.315. The summed E-state index contributed by atoms with van der Waals surface area (Å²) in [5, 5.41) is 6.97. The lowest BCUT2D eigenvalue weighted by Gasteiger charge is -2.14. The van der Waals surface area contributed by atoms with Crippen LogP contribution >= 0.6 is 12.2 Å². The molecule has 2 N–H and O–H groups in total. The predicted molar refractivity (Wildman–Crippen MR) is 117 cm³/mol. The van der Waals surface area contributed by atoms with E-state index in [1.54, 1.807) is 19.1 Å². The van der Waals surface area contributed by atoms with Gasteiger partial charge in [0.05, 0.1) is 18.8 Å². The van der Waals surface area contributed by atoms with Gasteiger partial charge in [-0.05, 0) is 81.2 Å². The van der Waals surface area contributed by atoms with Crippen molar-refractivity contribution in [3.05, 3.63) is 59.2 Å². The van der Waals surface area contributed by atoms with Gasteiger partial charge >= 0.3 is 5.97 Å². The molecular formula is C22H28N2O3S. The van der Waals surface area contributed by atoms with Crippen LogP contribution in [-0.2, 0) is 11.2 Å². The second-order valence-electron chi connectivity index (χ2n) is 6.28. The Bertz CT molecular complexity index is 808. The van der Waals surface area contributed by atoms with Crippen molar-refractivity contribution in [3.8, 4) is 5.75 Å². The maximum absolute atomic E-state index is 11.8. The largest absolute Gasteiger partial charge is 0.494 e. The van der Waals surface area contributed by atoms with E-state index in [1.807, 2.05) is 38.1 Å². The average molecular weight is 401 g/mol. The van der Waals surface area contributed by atoms with Crippen molar-refractivity contribution in [2.75, 3.05) is 25.1 Å². The average Bonchev–Trinajstić information content (AvgIpc) is 2.68. The zero-order chi connectivity index (χ0) is 20.4. The lowest BCUT2D eigenvalue weighted by molar-refractivity contribution is 0.0526. The van der Waals surface area contributed by atoms with Crippen LogP contribution in [0.2, 0.25) is 0 Å². The number of ether oxygens (including phenoxy) is 2. The van der Waals surface area contributed by atoms with Crippen LogP contribution in [0, 0.1) is 6.92 Å². The number of para-hydroxylation sites is 1. The molecule has 0 spiro atoms. The Kier molecular flexibility index (Phi) is 8.75. The van der Waals surface area contributed by atoms with Crippen molar-refractivity contribution in [3.63, 3.8) is 0 Å². The predicted octanol–water partition coefficient (Wildman–Crippen LogP) is 4.49. The summed E-state index contributed by atoms with van der Waals surface area (Å²) in [5.41, 5.74) is 3.54. The van der Waals surface area contributed by atoms with Gasteiger partial charge in [0, 0.05) is 12.2 Å². The fourth-order valence-corrected chi connectivity index (χ4v) is 3.01. The van der Waals surface area contributed by atoms with Crippen LogP contribution in [0.25, 0.3) is 0 Å². The molecule has 0 aromatic heterocycles. The van der Waals surface area contributed by atoms with Crippen LogP contribution in [0.4, 0.5) is 5.69 Å². The topological polar surface area (TPSA) is 59.6 Å². The third-order valence-corrected chi connectivity index (χ3v) is 4.41. The lowest BCUT2D eigenvalue weighted by atomic mass is 10.1. The summed E-state index contributed by atoms with van der Waals surface area (Å²) in [5.74, 6) is 0.633. The molecule has 0 heterocycles. The Morgan fingerprint density at radius 3 is 2.61 bits per heavy atom. The Morgan fingerprint density at radius 2 is 1.89 bits per heavy atom. The van der Waals surface area contributed by atoms with Gasteiger partial charge in [-0.25, -0.2) is 4.79 Å². The second-order valence-corrected chi connectivity index (χ2v) is 6.68. The lowest BCUT2D eigenvalue weighted by Crippen LogP contribution is -2.29. The number of benzene rings is 2. The molecule has 0 atom stereocenters. The van der Waals surface area contributed by atoms with Gasteiger partial charge in [0.25, 0.3) is 0 Å². The molecule has 6 heteroatoms. The van der Waals surface area contributed by atoms with E-state index >= 15 is 0 Å². The Labute approximate surface area is 172 Å². The number of nitrogens with one attached hydrogen (secondary N) is 2. The van der Waals surface area contributed by atoms with E-state index in [-0.39, 0.29) is 5.97 Å². The number of carbonyl (C=O) groups is 1. The highest BCUT2D eigenvalue weighted by Gasteiger charge is 2.09. The van der Waals surface area contributed by atoms with E-state index in [4.69, 9.17) is 21.7 Å². The van der Waals surface area contributed by atoms with Crippen LogP contribution in [0.1, 0.15) is 41.8 Å². The highest BCUT2D eigenvalue weighted by molar-refractivity contribution is 7.80. The normalized spacial score (nSPS) is 10.2. The highest BCUT2D eigenvalue weighted by Crippen LogP contribution is 2.19. The molecule has 0 amide bonds. The van der Waals surface area contributed by atoms with Crippen molar-refractivity contribution in [1.82, 2.24) is 5.32 Å². The summed E-state index contributed by atoms with van der Waals surface area (Å²) in [6.45, 7) is 7.49. The number of thiocarbonyl (C=S) groups is 1. The van der Waals surface area contributed by atoms with Gasteiger partial charge in [0.1, 0.15) is 5.75 Å².